The number of nitrogens with zero attached hydrogens (tertiary/aromatic N) is 1. The Labute approximate surface area is 110 Å². The fraction of sp³-hybridized carbons (Fsp3) is 0.600. The molecular formula is C15H24N2O. The third kappa shape index (κ3) is 4.09. The lowest BCUT2D eigenvalue weighted by atomic mass is 10.1. The van der Waals surface area contributed by atoms with E-state index in [2.05, 4.69) is 48.3 Å². The van der Waals surface area contributed by atoms with E-state index in [1.807, 2.05) is 0 Å². The Hall–Kier alpha value is -0.900. The molecule has 0 radical (unpaired) electrons. The average Bonchev–Trinajstić information content (AvgIpc) is 2.40. The standard InChI is InChI=1S/C15H24N2O/c1-13-3-5-15(6-4-13)14(2)16-7-8-17-9-11-18-12-10-17/h3-6,14,16H,7-12H2,1-2H3. The number of rotatable bonds is 5. The van der Waals surface area contributed by atoms with E-state index >= 15 is 0 Å². The first kappa shape index (κ1) is 13.5. The molecule has 1 aliphatic heterocycles. The minimum atomic E-state index is 0.423. The first-order valence-electron chi connectivity index (χ1n) is 6.86. The maximum Gasteiger partial charge on any atom is 0.0594 e. The second-order valence-corrected chi connectivity index (χ2v) is 5.04. The van der Waals surface area contributed by atoms with Crippen LogP contribution in [0.5, 0.6) is 0 Å². The molecule has 1 N–H and O–H groups in total. The number of aryl methyl sites for hydroxylation is 1. The largest absolute Gasteiger partial charge is 0.379 e. The van der Waals surface area contributed by atoms with E-state index in [1.165, 1.54) is 11.1 Å². The van der Waals surface area contributed by atoms with Gasteiger partial charge in [0.1, 0.15) is 0 Å². The van der Waals surface area contributed by atoms with Crippen molar-refractivity contribution in [1.82, 2.24) is 10.2 Å². The molecule has 1 aromatic rings. The molecule has 0 spiro atoms. The normalized spacial score (nSPS) is 18.8. The highest BCUT2D eigenvalue weighted by atomic mass is 16.5. The molecule has 2 rings (SSSR count). The Kier molecular flexibility index (Phi) is 5.17. The smallest absolute Gasteiger partial charge is 0.0594 e. The highest BCUT2D eigenvalue weighted by molar-refractivity contribution is 5.23. The number of hydrogen-bond donors (Lipinski definition) is 1. The van der Waals surface area contributed by atoms with Gasteiger partial charge < -0.3 is 10.1 Å². The van der Waals surface area contributed by atoms with Gasteiger partial charge in [-0.05, 0) is 19.4 Å². The predicted molar refractivity (Wildman–Crippen MR) is 74.9 cm³/mol. The zero-order chi connectivity index (χ0) is 12.8. The molecule has 18 heavy (non-hydrogen) atoms. The molecule has 1 aromatic carbocycles. The van der Waals surface area contributed by atoms with Crippen LogP contribution in [0.15, 0.2) is 24.3 Å². The lowest BCUT2D eigenvalue weighted by Crippen LogP contribution is -2.40. The Morgan fingerprint density at radius 2 is 1.89 bits per heavy atom. The first-order valence-corrected chi connectivity index (χ1v) is 6.86. The van der Waals surface area contributed by atoms with E-state index in [1.54, 1.807) is 0 Å². The van der Waals surface area contributed by atoms with Gasteiger partial charge in [-0.3, -0.25) is 4.90 Å². The number of morpholine rings is 1. The molecule has 3 nitrogen and oxygen atoms in total. The summed E-state index contributed by atoms with van der Waals surface area (Å²) in [6, 6.07) is 9.20. The van der Waals surface area contributed by atoms with Crippen molar-refractivity contribution in [2.75, 3.05) is 39.4 Å². The average molecular weight is 248 g/mol. The van der Waals surface area contributed by atoms with Gasteiger partial charge in [-0.15, -0.1) is 0 Å². The zero-order valence-electron chi connectivity index (χ0n) is 11.5. The van der Waals surface area contributed by atoms with Crippen LogP contribution in [-0.2, 0) is 4.74 Å². The van der Waals surface area contributed by atoms with Gasteiger partial charge >= 0.3 is 0 Å². The lowest BCUT2D eigenvalue weighted by molar-refractivity contribution is 0.0382. The minimum Gasteiger partial charge on any atom is -0.379 e. The molecule has 0 bridgehead atoms. The van der Waals surface area contributed by atoms with Crippen molar-refractivity contribution >= 4 is 0 Å². The minimum absolute atomic E-state index is 0.423. The van der Waals surface area contributed by atoms with Crippen LogP contribution >= 0.6 is 0 Å². The summed E-state index contributed by atoms with van der Waals surface area (Å²) in [5.74, 6) is 0. The predicted octanol–water partition coefficient (Wildman–Crippen LogP) is 1.98. The van der Waals surface area contributed by atoms with Gasteiger partial charge in [-0.25, -0.2) is 0 Å². The quantitative estimate of drug-likeness (QED) is 0.862. The Morgan fingerprint density at radius 3 is 2.56 bits per heavy atom. The van der Waals surface area contributed by atoms with Crippen LogP contribution in [0.25, 0.3) is 0 Å². The zero-order valence-corrected chi connectivity index (χ0v) is 11.5. The second kappa shape index (κ2) is 6.88. The van der Waals surface area contributed by atoms with Crippen molar-refractivity contribution in [2.24, 2.45) is 0 Å². The maximum atomic E-state index is 5.35. The summed E-state index contributed by atoms with van der Waals surface area (Å²) in [6.45, 7) is 10.4. The van der Waals surface area contributed by atoms with E-state index in [0.29, 0.717) is 6.04 Å². The molecular weight excluding hydrogens is 224 g/mol. The van der Waals surface area contributed by atoms with Gasteiger partial charge in [0.15, 0.2) is 0 Å². The molecule has 1 fully saturated rings. The Balaban J connectivity index is 1.70. The van der Waals surface area contributed by atoms with Gasteiger partial charge in [0.2, 0.25) is 0 Å². The molecule has 100 valence electrons. The summed E-state index contributed by atoms with van der Waals surface area (Å²) in [7, 11) is 0. The molecule has 0 amide bonds. The number of ether oxygens (including phenoxy) is 1. The van der Waals surface area contributed by atoms with Crippen LogP contribution in [0.2, 0.25) is 0 Å². The van der Waals surface area contributed by atoms with Crippen LogP contribution in [0.1, 0.15) is 24.1 Å². The molecule has 1 atom stereocenters. The summed E-state index contributed by atoms with van der Waals surface area (Å²) in [5, 5.41) is 3.58. The van der Waals surface area contributed by atoms with E-state index in [0.717, 1.165) is 39.4 Å². The summed E-state index contributed by atoms with van der Waals surface area (Å²) < 4.78 is 5.35. The second-order valence-electron chi connectivity index (χ2n) is 5.04. The highest BCUT2D eigenvalue weighted by Gasteiger charge is 2.10. The Bertz CT molecular complexity index is 344. The van der Waals surface area contributed by atoms with Crippen LogP contribution in [0.3, 0.4) is 0 Å². The van der Waals surface area contributed by atoms with Crippen molar-refractivity contribution in [3.8, 4) is 0 Å². The lowest BCUT2D eigenvalue weighted by Gasteiger charge is -2.27. The topological polar surface area (TPSA) is 24.5 Å². The van der Waals surface area contributed by atoms with Crippen LogP contribution in [0, 0.1) is 6.92 Å². The van der Waals surface area contributed by atoms with E-state index in [-0.39, 0.29) is 0 Å². The van der Waals surface area contributed by atoms with Crippen LogP contribution in [-0.4, -0.2) is 44.3 Å². The molecule has 1 saturated heterocycles. The SMILES string of the molecule is Cc1ccc(C(C)NCCN2CCOCC2)cc1. The fourth-order valence-electron chi connectivity index (χ4n) is 2.24. The molecule has 0 saturated carbocycles. The first-order chi connectivity index (χ1) is 8.75. The Morgan fingerprint density at radius 1 is 1.22 bits per heavy atom. The van der Waals surface area contributed by atoms with Crippen molar-refractivity contribution in [3.05, 3.63) is 35.4 Å². The molecule has 0 aliphatic carbocycles. The van der Waals surface area contributed by atoms with Crippen molar-refractivity contribution in [1.29, 1.82) is 0 Å². The molecule has 1 aliphatic rings. The summed E-state index contributed by atoms with van der Waals surface area (Å²) in [5.41, 5.74) is 2.68. The summed E-state index contributed by atoms with van der Waals surface area (Å²) in [6.07, 6.45) is 0. The van der Waals surface area contributed by atoms with Gasteiger partial charge in [0.25, 0.3) is 0 Å². The monoisotopic (exact) mass is 248 g/mol. The molecule has 0 aromatic heterocycles. The van der Waals surface area contributed by atoms with E-state index < -0.39 is 0 Å². The third-order valence-electron chi connectivity index (χ3n) is 3.56. The van der Waals surface area contributed by atoms with Crippen LogP contribution < -0.4 is 5.32 Å². The molecule has 1 heterocycles. The fourth-order valence-corrected chi connectivity index (χ4v) is 2.24. The van der Waals surface area contributed by atoms with E-state index in [9.17, 15) is 0 Å². The summed E-state index contributed by atoms with van der Waals surface area (Å²) >= 11 is 0. The molecule has 3 heteroatoms. The van der Waals surface area contributed by atoms with Crippen LogP contribution in [0.4, 0.5) is 0 Å². The molecule has 1 unspecified atom stereocenters. The van der Waals surface area contributed by atoms with E-state index in [4.69, 9.17) is 4.74 Å². The number of benzene rings is 1. The highest BCUT2D eigenvalue weighted by Crippen LogP contribution is 2.12. The van der Waals surface area contributed by atoms with Gasteiger partial charge in [-0.2, -0.15) is 0 Å². The van der Waals surface area contributed by atoms with Gasteiger partial charge in [0, 0.05) is 32.2 Å². The summed E-state index contributed by atoms with van der Waals surface area (Å²) in [4.78, 5) is 2.46. The van der Waals surface area contributed by atoms with Crippen molar-refractivity contribution < 1.29 is 4.74 Å². The van der Waals surface area contributed by atoms with Crippen molar-refractivity contribution in [2.45, 2.75) is 19.9 Å². The number of hydrogen-bond acceptors (Lipinski definition) is 3. The van der Waals surface area contributed by atoms with Crippen molar-refractivity contribution in [3.63, 3.8) is 0 Å². The van der Waals surface area contributed by atoms with Gasteiger partial charge in [-0.1, -0.05) is 29.8 Å². The maximum absolute atomic E-state index is 5.35. The van der Waals surface area contributed by atoms with Gasteiger partial charge in [0.05, 0.1) is 13.2 Å². The number of nitrogens with one attached hydrogen (secondary N) is 1. The third-order valence-corrected chi connectivity index (χ3v) is 3.56.